The number of hydrogen-bond acceptors (Lipinski definition) is 2. The van der Waals surface area contributed by atoms with E-state index in [-0.39, 0.29) is 10.8 Å². The molecule has 0 saturated heterocycles. The normalized spacial score (nSPS) is 53.4. The third-order valence-corrected chi connectivity index (χ3v) is 16.6. The van der Waals surface area contributed by atoms with Gasteiger partial charge in [-0.2, -0.15) is 0 Å². The molecule has 228 valence electrons. The van der Waals surface area contributed by atoms with Gasteiger partial charge < -0.3 is 9.84 Å². The molecule has 13 atom stereocenters. The average molecular weight is 573 g/mol. The van der Waals surface area contributed by atoms with Crippen LogP contribution in [-0.4, -0.2) is 29.4 Å². The van der Waals surface area contributed by atoms with E-state index >= 15 is 0 Å². The van der Waals surface area contributed by atoms with E-state index in [9.17, 15) is 9.90 Å². The van der Waals surface area contributed by atoms with Gasteiger partial charge in [-0.1, -0.05) is 48.5 Å². The second kappa shape index (κ2) is 9.94. The Kier molecular flexibility index (Phi) is 7.43. The number of carboxylic acid groups (broad SMARTS) is 1. The maximum atomic E-state index is 13.0. The predicted molar refractivity (Wildman–Crippen MR) is 167 cm³/mol. The molecule has 0 amide bonds. The Morgan fingerprint density at radius 1 is 0.850 bits per heavy atom. The summed E-state index contributed by atoms with van der Waals surface area (Å²) in [6.45, 7) is 17.9. The van der Waals surface area contributed by atoms with Crippen molar-refractivity contribution in [3.05, 3.63) is 0 Å². The van der Waals surface area contributed by atoms with Gasteiger partial charge in [0.1, 0.15) is 0 Å². The second-order valence-corrected chi connectivity index (χ2v) is 18.1. The fourth-order valence-corrected chi connectivity index (χ4v) is 14.0. The van der Waals surface area contributed by atoms with Crippen molar-refractivity contribution in [2.45, 2.75) is 144 Å². The highest BCUT2D eigenvalue weighted by Crippen LogP contribution is 2.77. The summed E-state index contributed by atoms with van der Waals surface area (Å²) in [6, 6.07) is 0. The first-order chi connectivity index (χ1) is 18.7. The van der Waals surface area contributed by atoms with Gasteiger partial charge in [0.25, 0.3) is 0 Å². The van der Waals surface area contributed by atoms with Gasteiger partial charge in [0.05, 0.1) is 17.6 Å². The molecule has 0 aromatic rings. The van der Waals surface area contributed by atoms with Gasteiger partial charge in [0, 0.05) is 0 Å². The van der Waals surface area contributed by atoms with Gasteiger partial charge in [-0.25, -0.2) is 0 Å². The van der Waals surface area contributed by atoms with Crippen LogP contribution in [-0.2, 0) is 9.53 Å². The highest BCUT2D eigenvalue weighted by Gasteiger charge is 2.72. The van der Waals surface area contributed by atoms with Crippen LogP contribution in [0.4, 0.5) is 0 Å². The van der Waals surface area contributed by atoms with Crippen LogP contribution in [0.3, 0.4) is 0 Å². The monoisotopic (exact) mass is 572 g/mol. The number of carbonyl (C=O) groups is 1. The van der Waals surface area contributed by atoms with Crippen molar-refractivity contribution in [3.8, 4) is 0 Å². The molecule has 0 radical (unpaired) electrons. The van der Waals surface area contributed by atoms with E-state index in [1.807, 2.05) is 0 Å². The number of rotatable bonds is 5. The van der Waals surface area contributed by atoms with Crippen molar-refractivity contribution in [2.75, 3.05) is 6.16 Å². The minimum atomic E-state index is -0.475. The van der Waals surface area contributed by atoms with E-state index in [2.05, 4.69) is 57.7 Å². The van der Waals surface area contributed by atoms with Gasteiger partial charge in [-0.3, -0.25) is 4.79 Å². The zero-order valence-corrected chi connectivity index (χ0v) is 28.1. The molecule has 0 heterocycles. The molecular weight excluding hydrogens is 511 g/mol. The second-order valence-electron chi connectivity index (χ2n) is 17.6. The van der Waals surface area contributed by atoms with Crippen LogP contribution in [0, 0.1) is 68.5 Å². The maximum Gasteiger partial charge on any atom is 0.309 e. The third-order valence-electron chi connectivity index (χ3n) is 15.9. The van der Waals surface area contributed by atoms with Crippen molar-refractivity contribution >= 4 is 15.2 Å². The van der Waals surface area contributed by atoms with Crippen LogP contribution in [0.2, 0.25) is 0 Å². The van der Waals surface area contributed by atoms with E-state index < -0.39 is 11.4 Å². The molecule has 0 aliphatic heterocycles. The largest absolute Gasteiger partial charge is 0.481 e. The molecule has 0 spiro atoms. The van der Waals surface area contributed by atoms with Gasteiger partial charge in [-0.15, -0.1) is 9.24 Å². The Morgan fingerprint density at radius 3 is 2.25 bits per heavy atom. The van der Waals surface area contributed by atoms with E-state index in [4.69, 9.17) is 4.74 Å². The number of aliphatic carboxylic acids is 1. The van der Waals surface area contributed by atoms with Crippen LogP contribution < -0.4 is 0 Å². The lowest BCUT2D eigenvalue weighted by molar-refractivity contribution is -0.255. The predicted octanol–water partition coefficient (Wildman–Crippen LogP) is 9.24. The van der Waals surface area contributed by atoms with Crippen molar-refractivity contribution < 1.29 is 14.6 Å². The van der Waals surface area contributed by atoms with Crippen molar-refractivity contribution in [3.63, 3.8) is 0 Å². The Labute approximate surface area is 248 Å². The molecule has 6 aliphatic rings. The number of carboxylic acids is 1. The van der Waals surface area contributed by atoms with Crippen LogP contribution in [0.1, 0.15) is 132 Å². The molecule has 0 bridgehead atoms. The fraction of sp³-hybridized carbons (Fsp3) is 0.972. The summed E-state index contributed by atoms with van der Waals surface area (Å²) in [6.07, 6.45) is 17.7. The third kappa shape index (κ3) is 3.97. The van der Waals surface area contributed by atoms with Crippen LogP contribution in [0.5, 0.6) is 0 Å². The zero-order chi connectivity index (χ0) is 28.9. The first kappa shape index (κ1) is 29.9. The molecule has 0 aromatic heterocycles. The summed E-state index contributed by atoms with van der Waals surface area (Å²) in [5.74, 6) is 3.89. The summed E-state index contributed by atoms with van der Waals surface area (Å²) >= 11 is 0. The first-order valence-corrected chi connectivity index (χ1v) is 18.1. The summed E-state index contributed by atoms with van der Waals surface area (Å²) in [4.78, 5) is 13.0. The van der Waals surface area contributed by atoms with E-state index in [0.717, 1.165) is 37.5 Å². The molecule has 6 saturated carbocycles. The molecule has 6 fully saturated rings. The first-order valence-electron chi connectivity index (χ1n) is 17.3. The van der Waals surface area contributed by atoms with Crippen molar-refractivity contribution in [2.24, 2.45) is 68.5 Å². The maximum absolute atomic E-state index is 13.0. The number of fused-ring (bicyclic) bond motifs is 7. The summed E-state index contributed by atoms with van der Waals surface area (Å²) in [5, 5.41) is 10.7. The van der Waals surface area contributed by atoms with Crippen LogP contribution in [0.25, 0.3) is 0 Å². The van der Waals surface area contributed by atoms with E-state index in [1.165, 1.54) is 63.9 Å². The average Bonchev–Trinajstić information content (AvgIpc) is 3.51. The Morgan fingerprint density at radius 2 is 1.60 bits per heavy atom. The summed E-state index contributed by atoms with van der Waals surface area (Å²) in [7, 11) is 2.96. The molecule has 1 N–H and O–H groups in total. The van der Waals surface area contributed by atoms with E-state index in [0.29, 0.717) is 52.6 Å². The highest BCUT2D eigenvalue weighted by molar-refractivity contribution is 7.16. The smallest absolute Gasteiger partial charge is 0.309 e. The Balaban J connectivity index is 1.28. The van der Waals surface area contributed by atoms with Gasteiger partial charge >= 0.3 is 5.97 Å². The summed E-state index contributed by atoms with van der Waals surface area (Å²) in [5.41, 5.74) is 0.661. The topological polar surface area (TPSA) is 46.5 Å². The molecule has 3 unspecified atom stereocenters. The minimum absolute atomic E-state index is 0.213. The minimum Gasteiger partial charge on any atom is -0.481 e. The molecule has 0 aromatic carbocycles. The Hall–Kier alpha value is -0.140. The standard InChI is InChI=1S/C36H61O3P/c1-22(2)25-12-17-36(31(37)38)19-18-34(6)26(30(25)36)10-11-28-33(5)15-14-29(39-24-9-8-23(20-24)21-40)32(3,4)27(33)13-16-35(28,34)7/h22-30H,8-21,40H2,1-7H3,(H,37,38)/t23?,24?,25-,26+,27-,28+,29-,30+,33-,34+,35+,36-/m0/s1. The Bertz CT molecular complexity index is 993. The van der Waals surface area contributed by atoms with E-state index in [1.54, 1.807) is 0 Å². The SMILES string of the molecule is CC(C)[C@@H]1CC[C@]2(C(=O)O)CC[C@]3(C)[C@H](CC[C@@H]4[C@@]5(C)CC[C@H](OC6CCC(CP)C6)C(C)(C)[C@@H]5CC[C@]43C)[C@@H]12. The fourth-order valence-electron chi connectivity index (χ4n) is 13.6. The van der Waals surface area contributed by atoms with Gasteiger partial charge in [0.15, 0.2) is 0 Å². The van der Waals surface area contributed by atoms with Crippen LogP contribution >= 0.6 is 9.24 Å². The highest BCUT2D eigenvalue weighted by atomic mass is 31.0. The molecule has 6 aliphatic carbocycles. The molecular formula is C36H61O3P. The lowest BCUT2D eigenvalue weighted by Gasteiger charge is -2.73. The van der Waals surface area contributed by atoms with Crippen molar-refractivity contribution in [1.29, 1.82) is 0 Å². The molecule has 4 heteroatoms. The van der Waals surface area contributed by atoms with Crippen LogP contribution in [0.15, 0.2) is 0 Å². The number of ether oxygens (including phenoxy) is 1. The van der Waals surface area contributed by atoms with Crippen molar-refractivity contribution in [1.82, 2.24) is 0 Å². The molecule has 40 heavy (non-hydrogen) atoms. The lowest BCUT2D eigenvalue weighted by Crippen LogP contribution is -2.67. The molecule has 6 rings (SSSR count). The molecule has 3 nitrogen and oxygen atoms in total. The van der Waals surface area contributed by atoms with Gasteiger partial charge in [0.2, 0.25) is 0 Å². The van der Waals surface area contributed by atoms with Gasteiger partial charge in [-0.05, 0) is 153 Å². The summed E-state index contributed by atoms with van der Waals surface area (Å²) < 4.78 is 7.01. The quantitative estimate of drug-likeness (QED) is 0.334. The number of hydrogen-bond donors (Lipinski definition) is 1. The lowest BCUT2D eigenvalue weighted by atomic mass is 9.32. The zero-order valence-electron chi connectivity index (χ0n) is 26.9.